The average Bonchev–Trinajstić information content (AvgIpc) is 2.79. The molecule has 0 aliphatic heterocycles. The summed E-state index contributed by atoms with van der Waals surface area (Å²) in [5, 5.41) is 6.80. The van der Waals surface area contributed by atoms with Crippen LogP contribution in [0.4, 0.5) is 10.9 Å². The number of ether oxygens (including phenoxy) is 1. The molecule has 1 heterocycles. The van der Waals surface area contributed by atoms with Gasteiger partial charge < -0.3 is 21.1 Å². The van der Waals surface area contributed by atoms with Crippen molar-refractivity contribution < 1.29 is 9.53 Å². The first-order valence-corrected chi connectivity index (χ1v) is 8.14. The second-order valence-electron chi connectivity index (χ2n) is 5.79. The van der Waals surface area contributed by atoms with Crippen LogP contribution in [-0.2, 0) is 4.74 Å². The number of anilines is 2. The van der Waals surface area contributed by atoms with Gasteiger partial charge in [0.05, 0.1) is 6.10 Å². The highest BCUT2D eigenvalue weighted by atomic mass is 32.1. The number of nitrogens with zero attached hydrogens (tertiary/aromatic N) is 1. The fraction of sp³-hybridized carbons (Fsp3) is 0.714. The summed E-state index contributed by atoms with van der Waals surface area (Å²) in [4.78, 5) is 17.0. The molecule has 2 atom stereocenters. The zero-order valence-corrected chi connectivity index (χ0v) is 13.8. The number of carbonyl (C=O) groups is 1. The maximum absolute atomic E-state index is 12.3. The number of nitrogens with two attached hydrogens (primary N) is 1. The minimum atomic E-state index is -0.151. The van der Waals surface area contributed by atoms with Crippen molar-refractivity contribution >= 4 is 28.2 Å². The van der Waals surface area contributed by atoms with E-state index in [0.717, 1.165) is 13.0 Å². The van der Waals surface area contributed by atoms with Gasteiger partial charge in [-0.1, -0.05) is 25.2 Å². The lowest BCUT2D eigenvalue weighted by atomic mass is 9.64. The average molecular weight is 312 g/mol. The van der Waals surface area contributed by atoms with Crippen LogP contribution in [0.1, 0.15) is 43.8 Å². The van der Waals surface area contributed by atoms with Crippen LogP contribution in [0.3, 0.4) is 0 Å². The van der Waals surface area contributed by atoms with Crippen LogP contribution >= 0.6 is 11.3 Å². The minimum absolute atomic E-state index is 0.0599. The normalized spacial score (nSPS) is 23.4. The Morgan fingerprint density at radius 2 is 2.24 bits per heavy atom. The Morgan fingerprint density at radius 1 is 1.52 bits per heavy atom. The van der Waals surface area contributed by atoms with Crippen LogP contribution in [-0.4, -0.2) is 36.2 Å². The van der Waals surface area contributed by atoms with Crippen molar-refractivity contribution in [3.8, 4) is 0 Å². The van der Waals surface area contributed by atoms with Gasteiger partial charge in [-0.3, -0.25) is 4.79 Å². The predicted octanol–water partition coefficient (Wildman–Crippen LogP) is 2.09. The molecule has 0 spiro atoms. The quantitative estimate of drug-likeness (QED) is 0.748. The van der Waals surface area contributed by atoms with Gasteiger partial charge in [0.15, 0.2) is 5.13 Å². The zero-order valence-electron chi connectivity index (χ0n) is 13.0. The minimum Gasteiger partial charge on any atom is -0.382 e. The van der Waals surface area contributed by atoms with Crippen LogP contribution in [0.5, 0.6) is 0 Å². The van der Waals surface area contributed by atoms with E-state index in [9.17, 15) is 4.79 Å². The van der Waals surface area contributed by atoms with Crippen LogP contribution in [0.2, 0.25) is 0 Å². The molecule has 1 saturated carbocycles. The molecule has 4 N–H and O–H groups in total. The number of hydrogen-bond donors (Lipinski definition) is 3. The Bertz CT molecular complexity index is 515. The van der Waals surface area contributed by atoms with Crippen molar-refractivity contribution in [2.45, 2.75) is 46.3 Å². The van der Waals surface area contributed by atoms with Crippen LogP contribution in [0, 0.1) is 5.41 Å². The van der Waals surface area contributed by atoms with E-state index in [-0.39, 0.29) is 29.3 Å². The highest BCUT2D eigenvalue weighted by Crippen LogP contribution is 2.43. The van der Waals surface area contributed by atoms with Crippen LogP contribution < -0.4 is 16.4 Å². The summed E-state index contributed by atoms with van der Waals surface area (Å²) in [6.45, 7) is 9.64. The highest BCUT2D eigenvalue weighted by Gasteiger charge is 2.49. The first kappa shape index (κ1) is 16.0. The molecule has 1 aliphatic rings. The third kappa shape index (κ3) is 3.13. The first-order valence-electron chi connectivity index (χ1n) is 7.32. The fourth-order valence-corrected chi connectivity index (χ4v) is 3.42. The maximum Gasteiger partial charge on any atom is 0.265 e. The Morgan fingerprint density at radius 3 is 2.81 bits per heavy atom. The number of nitrogen functional groups attached to an aromatic ring is 1. The van der Waals surface area contributed by atoms with Gasteiger partial charge in [-0.2, -0.15) is 0 Å². The van der Waals surface area contributed by atoms with Gasteiger partial charge in [0.2, 0.25) is 0 Å². The van der Waals surface area contributed by atoms with E-state index >= 15 is 0 Å². The van der Waals surface area contributed by atoms with E-state index < -0.39 is 0 Å². The Balaban J connectivity index is 1.99. The van der Waals surface area contributed by atoms with E-state index in [1.54, 1.807) is 0 Å². The van der Waals surface area contributed by atoms with E-state index in [4.69, 9.17) is 10.5 Å². The van der Waals surface area contributed by atoms with Crippen molar-refractivity contribution in [2.24, 2.45) is 5.41 Å². The van der Waals surface area contributed by atoms with Gasteiger partial charge in [0, 0.05) is 24.6 Å². The monoisotopic (exact) mass is 312 g/mol. The molecule has 2 rings (SSSR count). The summed E-state index contributed by atoms with van der Waals surface area (Å²) >= 11 is 1.29. The second-order valence-corrected chi connectivity index (χ2v) is 6.79. The fourth-order valence-electron chi connectivity index (χ4n) is 2.56. The largest absolute Gasteiger partial charge is 0.382 e. The summed E-state index contributed by atoms with van der Waals surface area (Å²) in [5.74, 6) is 0.133. The van der Waals surface area contributed by atoms with Gasteiger partial charge in [0.25, 0.3) is 5.91 Å². The van der Waals surface area contributed by atoms with Crippen molar-refractivity contribution in [1.82, 2.24) is 10.3 Å². The smallest absolute Gasteiger partial charge is 0.265 e. The summed E-state index contributed by atoms with van der Waals surface area (Å²) in [6, 6.07) is 0.102. The Labute approximate surface area is 129 Å². The van der Waals surface area contributed by atoms with Crippen LogP contribution in [0.15, 0.2) is 0 Å². The molecule has 1 aromatic heterocycles. The molecule has 1 aromatic rings. The third-order valence-corrected chi connectivity index (χ3v) is 5.07. The lowest BCUT2D eigenvalue weighted by molar-refractivity contribution is -0.111. The molecule has 118 valence electrons. The number of aromatic nitrogens is 1. The zero-order chi connectivity index (χ0) is 15.6. The van der Waals surface area contributed by atoms with E-state index in [1.807, 2.05) is 13.8 Å². The van der Waals surface area contributed by atoms with E-state index in [0.29, 0.717) is 16.6 Å². The molecule has 0 bridgehead atoms. The van der Waals surface area contributed by atoms with E-state index in [1.165, 1.54) is 11.3 Å². The molecule has 21 heavy (non-hydrogen) atoms. The number of hydrogen-bond acceptors (Lipinski definition) is 6. The lowest BCUT2D eigenvalue weighted by Crippen LogP contribution is -2.62. The van der Waals surface area contributed by atoms with Crippen molar-refractivity contribution in [3.05, 3.63) is 4.88 Å². The van der Waals surface area contributed by atoms with Gasteiger partial charge in [0.1, 0.15) is 10.7 Å². The van der Waals surface area contributed by atoms with Crippen molar-refractivity contribution in [1.29, 1.82) is 0 Å². The molecule has 1 aliphatic carbocycles. The molecule has 6 nitrogen and oxygen atoms in total. The standard InChI is InChI=1S/C14H24N4O2S/c1-5-16-13-18-11(15)10(21-13)12(19)17-8-7-9(20-6-2)14(8,3)4/h8-9H,5-7,15H2,1-4H3,(H,16,18)(H,17,19). The molecule has 1 fully saturated rings. The highest BCUT2D eigenvalue weighted by molar-refractivity contribution is 7.18. The number of carbonyl (C=O) groups excluding carboxylic acids is 1. The summed E-state index contributed by atoms with van der Waals surface area (Å²) in [6.07, 6.45) is 1.04. The first-order chi connectivity index (χ1) is 9.90. The Hall–Kier alpha value is -1.34. The summed E-state index contributed by atoms with van der Waals surface area (Å²) in [5.41, 5.74) is 5.76. The number of rotatable bonds is 6. The predicted molar refractivity (Wildman–Crippen MR) is 85.8 cm³/mol. The van der Waals surface area contributed by atoms with E-state index in [2.05, 4.69) is 29.5 Å². The van der Waals surface area contributed by atoms with Gasteiger partial charge in [-0.15, -0.1) is 0 Å². The third-order valence-electron chi connectivity index (χ3n) is 4.04. The number of nitrogens with one attached hydrogen (secondary N) is 2. The molecule has 0 saturated heterocycles. The van der Waals surface area contributed by atoms with Gasteiger partial charge in [-0.25, -0.2) is 4.98 Å². The number of amides is 1. The van der Waals surface area contributed by atoms with Gasteiger partial charge >= 0.3 is 0 Å². The second kappa shape index (κ2) is 6.19. The van der Waals surface area contributed by atoms with Crippen LogP contribution in [0.25, 0.3) is 0 Å². The molecule has 7 heteroatoms. The SMILES string of the molecule is CCNc1nc(N)c(C(=O)NC2CC(OCC)C2(C)C)s1. The van der Waals surface area contributed by atoms with Crippen molar-refractivity contribution in [2.75, 3.05) is 24.2 Å². The van der Waals surface area contributed by atoms with Gasteiger partial charge in [-0.05, 0) is 20.3 Å². The molecule has 0 radical (unpaired) electrons. The molecule has 1 amide bonds. The topological polar surface area (TPSA) is 89.3 Å². The Kier molecular flexibility index (Phi) is 4.73. The number of thiazole rings is 1. The molecule has 2 unspecified atom stereocenters. The lowest BCUT2D eigenvalue weighted by Gasteiger charge is -2.51. The summed E-state index contributed by atoms with van der Waals surface area (Å²) in [7, 11) is 0. The summed E-state index contributed by atoms with van der Waals surface area (Å²) < 4.78 is 5.67. The maximum atomic E-state index is 12.3. The molecule has 0 aromatic carbocycles. The molecular weight excluding hydrogens is 288 g/mol. The molecular formula is C14H24N4O2S. The van der Waals surface area contributed by atoms with Crippen molar-refractivity contribution in [3.63, 3.8) is 0 Å².